The van der Waals surface area contributed by atoms with Crippen molar-refractivity contribution in [3.05, 3.63) is 0 Å². The second kappa shape index (κ2) is 4.64. The molecule has 1 unspecified atom stereocenters. The number of ether oxygens (including phenoxy) is 1. The van der Waals surface area contributed by atoms with Crippen molar-refractivity contribution in [3.8, 4) is 0 Å². The van der Waals surface area contributed by atoms with Gasteiger partial charge < -0.3 is 4.74 Å². The molecule has 0 aromatic rings. The van der Waals surface area contributed by atoms with E-state index >= 15 is 0 Å². The van der Waals surface area contributed by atoms with Gasteiger partial charge in [0.15, 0.2) is 0 Å². The molecule has 1 atom stereocenters. The molecule has 1 rings (SSSR count). The highest BCUT2D eigenvalue weighted by Gasteiger charge is 2.19. The molecule has 1 N–H and O–H groups in total. The molecule has 1 aliphatic carbocycles. The highest BCUT2D eigenvalue weighted by molar-refractivity contribution is 5.88. The number of nitrogens with one attached hydrogen (secondary N) is 1. The molecule has 0 radical (unpaired) electrons. The third-order valence-corrected chi connectivity index (χ3v) is 2.33. The van der Waals surface area contributed by atoms with Gasteiger partial charge in [-0.25, -0.2) is 10.2 Å². The van der Waals surface area contributed by atoms with Crippen LogP contribution in [-0.2, 0) is 4.74 Å². The Hall–Kier alpha value is -1.06. The van der Waals surface area contributed by atoms with E-state index in [1.165, 1.54) is 0 Å². The SMILES string of the molecule is CC1CCCC1=NNC(=O)OC(C)(C)C. The molecule has 4 nitrogen and oxygen atoms in total. The van der Waals surface area contributed by atoms with Crippen LogP contribution in [0.4, 0.5) is 4.79 Å². The maximum absolute atomic E-state index is 11.3. The van der Waals surface area contributed by atoms with Gasteiger partial charge in [0.2, 0.25) is 0 Å². The minimum atomic E-state index is -0.478. The summed E-state index contributed by atoms with van der Waals surface area (Å²) in [6.45, 7) is 7.62. The minimum Gasteiger partial charge on any atom is -0.443 e. The summed E-state index contributed by atoms with van der Waals surface area (Å²) in [5.41, 5.74) is 3.04. The molecular weight excluding hydrogens is 192 g/mol. The van der Waals surface area contributed by atoms with Crippen LogP contribution in [0.15, 0.2) is 5.10 Å². The van der Waals surface area contributed by atoms with E-state index in [0.29, 0.717) is 5.92 Å². The zero-order chi connectivity index (χ0) is 11.5. The van der Waals surface area contributed by atoms with Gasteiger partial charge in [-0.1, -0.05) is 6.92 Å². The first-order chi connectivity index (χ1) is 6.88. The summed E-state index contributed by atoms with van der Waals surface area (Å²) >= 11 is 0. The van der Waals surface area contributed by atoms with Gasteiger partial charge >= 0.3 is 6.09 Å². The monoisotopic (exact) mass is 212 g/mol. The lowest BCUT2D eigenvalue weighted by Crippen LogP contribution is -2.30. The zero-order valence-electron chi connectivity index (χ0n) is 9.96. The van der Waals surface area contributed by atoms with Crippen molar-refractivity contribution in [1.82, 2.24) is 5.43 Å². The molecule has 0 saturated heterocycles. The molecule has 86 valence electrons. The third-order valence-electron chi connectivity index (χ3n) is 2.33. The van der Waals surface area contributed by atoms with Crippen LogP contribution in [0.5, 0.6) is 0 Å². The molecule has 0 spiro atoms. The topological polar surface area (TPSA) is 50.7 Å². The Balaban J connectivity index is 2.39. The van der Waals surface area contributed by atoms with E-state index in [1.807, 2.05) is 20.8 Å². The molecule has 4 heteroatoms. The molecule has 1 aliphatic rings. The Labute approximate surface area is 91.1 Å². The van der Waals surface area contributed by atoms with Gasteiger partial charge in [-0.3, -0.25) is 0 Å². The fourth-order valence-electron chi connectivity index (χ4n) is 1.59. The van der Waals surface area contributed by atoms with Crippen LogP contribution in [0, 0.1) is 5.92 Å². The lowest BCUT2D eigenvalue weighted by molar-refractivity contribution is 0.0529. The molecule has 15 heavy (non-hydrogen) atoms. The Bertz CT molecular complexity index is 266. The van der Waals surface area contributed by atoms with Crippen molar-refractivity contribution in [3.63, 3.8) is 0 Å². The second-order valence-corrected chi connectivity index (χ2v) is 5.01. The van der Waals surface area contributed by atoms with E-state index in [9.17, 15) is 4.79 Å². The van der Waals surface area contributed by atoms with Gasteiger partial charge in [0, 0.05) is 5.71 Å². The van der Waals surface area contributed by atoms with Gasteiger partial charge in [-0.05, 0) is 46.0 Å². The second-order valence-electron chi connectivity index (χ2n) is 5.01. The summed E-state index contributed by atoms with van der Waals surface area (Å²) in [4.78, 5) is 11.3. The number of hydrogen-bond donors (Lipinski definition) is 1. The van der Waals surface area contributed by atoms with E-state index < -0.39 is 11.7 Å². The molecule has 0 aliphatic heterocycles. The summed E-state index contributed by atoms with van der Waals surface area (Å²) in [7, 11) is 0. The normalized spacial score (nSPS) is 24.3. The molecule has 1 amide bonds. The molecule has 0 bridgehead atoms. The summed E-state index contributed by atoms with van der Waals surface area (Å²) in [6, 6.07) is 0. The number of amides is 1. The number of nitrogens with zero attached hydrogens (tertiary/aromatic N) is 1. The van der Waals surface area contributed by atoms with E-state index in [0.717, 1.165) is 25.0 Å². The summed E-state index contributed by atoms with van der Waals surface area (Å²) in [5, 5.41) is 4.08. The average Bonchev–Trinajstić information content (AvgIpc) is 2.44. The number of carbonyl (C=O) groups excluding carboxylic acids is 1. The minimum absolute atomic E-state index is 0.467. The van der Waals surface area contributed by atoms with Gasteiger partial charge in [-0.15, -0.1) is 0 Å². The van der Waals surface area contributed by atoms with E-state index in [4.69, 9.17) is 4.74 Å². The fraction of sp³-hybridized carbons (Fsp3) is 0.818. The molecule has 1 fully saturated rings. The van der Waals surface area contributed by atoms with Crippen LogP contribution >= 0.6 is 0 Å². The number of hydrogen-bond acceptors (Lipinski definition) is 3. The van der Waals surface area contributed by atoms with Crippen molar-refractivity contribution >= 4 is 11.8 Å². The highest BCUT2D eigenvalue weighted by Crippen LogP contribution is 2.21. The number of rotatable bonds is 1. The maximum atomic E-state index is 11.3. The van der Waals surface area contributed by atoms with Crippen LogP contribution in [0.3, 0.4) is 0 Å². The van der Waals surface area contributed by atoms with Crippen LogP contribution in [-0.4, -0.2) is 17.4 Å². The van der Waals surface area contributed by atoms with Gasteiger partial charge in [-0.2, -0.15) is 5.10 Å². The van der Waals surface area contributed by atoms with E-state index in [2.05, 4.69) is 17.5 Å². The Kier molecular flexibility index (Phi) is 3.72. The Morgan fingerprint density at radius 2 is 2.20 bits per heavy atom. The first-order valence-corrected chi connectivity index (χ1v) is 5.44. The summed E-state index contributed by atoms with van der Waals surface area (Å²) < 4.78 is 5.08. The Morgan fingerprint density at radius 3 is 2.67 bits per heavy atom. The standard InChI is InChI=1S/C11H20N2O2/c1-8-6-5-7-9(8)12-13-10(14)15-11(2,3)4/h8H,5-7H2,1-4H3,(H,13,14). The maximum Gasteiger partial charge on any atom is 0.428 e. The molecular formula is C11H20N2O2. The molecule has 0 heterocycles. The third kappa shape index (κ3) is 4.32. The van der Waals surface area contributed by atoms with Crippen molar-refractivity contribution < 1.29 is 9.53 Å². The predicted octanol–water partition coefficient (Wildman–Crippen LogP) is 2.69. The molecule has 0 aromatic heterocycles. The highest BCUT2D eigenvalue weighted by atomic mass is 16.6. The smallest absolute Gasteiger partial charge is 0.428 e. The van der Waals surface area contributed by atoms with Gasteiger partial charge in [0.25, 0.3) is 0 Å². The lowest BCUT2D eigenvalue weighted by atomic mass is 10.1. The predicted molar refractivity (Wildman–Crippen MR) is 59.8 cm³/mol. The number of carbonyl (C=O) groups is 1. The number of hydrazone groups is 1. The lowest BCUT2D eigenvalue weighted by Gasteiger charge is -2.18. The van der Waals surface area contributed by atoms with Crippen LogP contribution in [0.1, 0.15) is 47.0 Å². The Morgan fingerprint density at radius 1 is 1.53 bits per heavy atom. The summed E-state index contributed by atoms with van der Waals surface area (Å²) in [5.74, 6) is 0.486. The van der Waals surface area contributed by atoms with Crippen molar-refractivity contribution in [2.75, 3.05) is 0 Å². The fourth-order valence-corrected chi connectivity index (χ4v) is 1.59. The van der Waals surface area contributed by atoms with E-state index in [-0.39, 0.29) is 0 Å². The largest absolute Gasteiger partial charge is 0.443 e. The van der Waals surface area contributed by atoms with Gasteiger partial charge in [0.05, 0.1) is 0 Å². The van der Waals surface area contributed by atoms with Crippen molar-refractivity contribution in [1.29, 1.82) is 0 Å². The van der Waals surface area contributed by atoms with E-state index in [1.54, 1.807) is 0 Å². The molecule has 0 aromatic carbocycles. The quantitative estimate of drug-likeness (QED) is 0.679. The first-order valence-electron chi connectivity index (χ1n) is 5.44. The van der Waals surface area contributed by atoms with Crippen molar-refractivity contribution in [2.24, 2.45) is 11.0 Å². The average molecular weight is 212 g/mol. The van der Waals surface area contributed by atoms with Gasteiger partial charge in [0.1, 0.15) is 5.60 Å². The summed E-state index contributed by atoms with van der Waals surface area (Å²) in [6.07, 6.45) is 2.83. The molecule has 1 saturated carbocycles. The van der Waals surface area contributed by atoms with Crippen LogP contribution < -0.4 is 5.43 Å². The van der Waals surface area contributed by atoms with Crippen LogP contribution in [0.25, 0.3) is 0 Å². The van der Waals surface area contributed by atoms with Crippen molar-refractivity contribution in [2.45, 2.75) is 52.6 Å². The van der Waals surface area contributed by atoms with Crippen LogP contribution in [0.2, 0.25) is 0 Å². The first kappa shape index (κ1) is 12.0. The zero-order valence-corrected chi connectivity index (χ0v) is 9.96.